The molecule has 0 fully saturated rings. The highest BCUT2D eigenvalue weighted by Crippen LogP contribution is 2.16. The van der Waals surface area contributed by atoms with Gasteiger partial charge in [0.15, 0.2) is 0 Å². The molecular formula is C15H19N3. The van der Waals surface area contributed by atoms with Crippen molar-refractivity contribution < 1.29 is 0 Å². The van der Waals surface area contributed by atoms with Crippen molar-refractivity contribution in [2.45, 2.75) is 13.3 Å². The zero-order chi connectivity index (χ0) is 13.0. The van der Waals surface area contributed by atoms with Crippen LogP contribution in [0.4, 0.5) is 11.5 Å². The summed E-state index contributed by atoms with van der Waals surface area (Å²) in [6.45, 7) is 2.90. The summed E-state index contributed by atoms with van der Waals surface area (Å²) in [6, 6.07) is 12.4. The second-order valence-corrected chi connectivity index (χ2v) is 4.56. The lowest BCUT2D eigenvalue weighted by Crippen LogP contribution is -2.21. The van der Waals surface area contributed by atoms with Gasteiger partial charge in [-0.25, -0.2) is 4.98 Å². The summed E-state index contributed by atoms with van der Waals surface area (Å²) in [5, 5.41) is 0. The molecule has 0 aliphatic heterocycles. The first-order valence-corrected chi connectivity index (χ1v) is 6.14. The first-order valence-electron chi connectivity index (χ1n) is 6.14. The van der Waals surface area contributed by atoms with Gasteiger partial charge in [-0.1, -0.05) is 30.3 Å². The van der Waals surface area contributed by atoms with Gasteiger partial charge in [0.25, 0.3) is 0 Å². The fourth-order valence-electron chi connectivity index (χ4n) is 1.79. The number of nitrogens with zero attached hydrogens (tertiary/aromatic N) is 2. The zero-order valence-corrected chi connectivity index (χ0v) is 10.9. The van der Waals surface area contributed by atoms with Crippen LogP contribution < -0.4 is 10.6 Å². The van der Waals surface area contributed by atoms with E-state index in [1.165, 1.54) is 5.56 Å². The standard InChI is InChI=1S/C15H19N3/c1-12-11-17-15(10-14(12)16)18(2)9-8-13-6-4-3-5-7-13/h3-7,10-11H,8-9H2,1-2H3,(H2,16,17). The highest BCUT2D eigenvalue weighted by molar-refractivity contribution is 5.54. The summed E-state index contributed by atoms with van der Waals surface area (Å²) < 4.78 is 0. The molecule has 0 aliphatic rings. The number of aromatic nitrogens is 1. The molecule has 0 atom stereocenters. The molecule has 1 aromatic carbocycles. The van der Waals surface area contributed by atoms with Crippen LogP contribution in [0.2, 0.25) is 0 Å². The molecule has 0 amide bonds. The summed E-state index contributed by atoms with van der Waals surface area (Å²) in [5.74, 6) is 0.925. The fourth-order valence-corrected chi connectivity index (χ4v) is 1.79. The number of nitrogen functional groups attached to an aromatic ring is 1. The summed E-state index contributed by atoms with van der Waals surface area (Å²) in [7, 11) is 2.04. The van der Waals surface area contributed by atoms with Crippen molar-refractivity contribution >= 4 is 11.5 Å². The van der Waals surface area contributed by atoms with Crippen LogP contribution in [-0.4, -0.2) is 18.6 Å². The van der Waals surface area contributed by atoms with E-state index >= 15 is 0 Å². The van der Waals surface area contributed by atoms with Crippen LogP contribution in [0.15, 0.2) is 42.6 Å². The Hall–Kier alpha value is -2.03. The van der Waals surface area contributed by atoms with E-state index < -0.39 is 0 Å². The summed E-state index contributed by atoms with van der Waals surface area (Å²) in [6.07, 6.45) is 2.83. The number of likely N-dealkylation sites (N-methyl/N-ethyl adjacent to an activating group) is 1. The minimum absolute atomic E-state index is 0.798. The van der Waals surface area contributed by atoms with Gasteiger partial charge in [0.1, 0.15) is 5.82 Å². The monoisotopic (exact) mass is 241 g/mol. The molecule has 0 unspecified atom stereocenters. The molecule has 1 aromatic heterocycles. The van der Waals surface area contributed by atoms with Crippen molar-refractivity contribution in [1.29, 1.82) is 0 Å². The molecule has 18 heavy (non-hydrogen) atoms. The molecule has 0 saturated heterocycles. The molecule has 2 N–H and O–H groups in total. The van der Waals surface area contributed by atoms with Crippen molar-refractivity contribution in [2.75, 3.05) is 24.2 Å². The number of nitrogens with two attached hydrogens (primary N) is 1. The molecule has 0 bridgehead atoms. The quantitative estimate of drug-likeness (QED) is 0.894. The van der Waals surface area contributed by atoms with Crippen molar-refractivity contribution in [2.24, 2.45) is 0 Å². The first kappa shape index (κ1) is 12.4. The average molecular weight is 241 g/mol. The highest BCUT2D eigenvalue weighted by atomic mass is 15.2. The van der Waals surface area contributed by atoms with Gasteiger partial charge in [-0.05, 0) is 24.5 Å². The van der Waals surface area contributed by atoms with Crippen molar-refractivity contribution in [1.82, 2.24) is 4.98 Å². The molecule has 0 aliphatic carbocycles. The molecule has 2 aromatic rings. The van der Waals surface area contributed by atoms with Gasteiger partial charge in [-0.15, -0.1) is 0 Å². The molecule has 3 nitrogen and oxygen atoms in total. The number of rotatable bonds is 4. The Kier molecular flexibility index (Phi) is 3.82. The van der Waals surface area contributed by atoms with Crippen LogP contribution in [0.1, 0.15) is 11.1 Å². The van der Waals surface area contributed by atoms with Crippen LogP contribution in [0.25, 0.3) is 0 Å². The Bertz CT molecular complexity index is 508. The van der Waals surface area contributed by atoms with Crippen LogP contribution in [-0.2, 0) is 6.42 Å². The van der Waals surface area contributed by atoms with E-state index in [4.69, 9.17) is 5.73 Å². The van der Waals surface area contributed by atoms with Gasteiger partial charge in [-0.2, -0.15) is 0 Å². The molecule has 0 saturated carbocycles. The Labute approximate surface area is 108 Å². The number of hydrogen-bond donors (Lipinski definition) is 1. The van der Waals surface area contributed by atoms with Gasteiger partial charge in [-0.3, -0.25) is 0 Å². The van der Waals surface area contributed by atoms with E-state index in [0.29, 0.717) is 0 Å². The number of anilines is 2. The fraction of sp³-hybridized carbons (Fsp3) is 0.267. The maximum atomic E-state index is 5.90. The summed E-state index contributed by atoms with van der Waals surface area (Å²) in [5.41, 5.74) is 9.06. The Morgan fingerprint density at radius 1 is 1.22 bits per heavy atom. The van der Waals surface area contributed by atoms with Crippen LogP contribution in [0, 0.1) is 6.92 Å². The number of hydrogen-bond acceptors (Lipinski definition) is 3. The Morgan fingerprint density at radius 2 is 1.94 bits per heavy atom. The lowest BCUT2D eigenvalue weighted by atomic mass is 10.1. The van der Waals surface area contributed by atoms with Crippen molar-refractivity contribution in [3.63, 3.8) is 0 Å². The lowest BCUT2D eigenvalue weighted by Gasteiger charge is -2.18. The van der Waals surface area contributed by atoms with Crippen molar-refractivity contribution in [3.05, 3.63) is 53.7 Å². The molecule has 0 radical (unpaired) electrons. The number of benzene rings is 1. The predicted molar refractivity (Wildman–Crippen MR) is 76.8 cm³/mol. The Morgan fingerprint density at radius 3 is 2.61 bits per heavy atom. The lowest BCUT2D eigenvalue weighted by molar-refractivity contribution is 0.859. The molecule has 2 rings (SSSR count). The van der Waals surface area contributed by atoms with E-state index in [1.54, 1.807) is 0 Å². The van der Waals surface area contributed by atoms with E-state index in [1.807, 2.05) is 32.3 Å². The van der Waals surface area contributed by atoms with E-state index in [2.05, 4.69) is 34.1 Å². The largest absolute Gasteiger partial charge is 0.398 e. The van der Waals surface area contributed by atoms with Crippen LogP contribution in [0.5, 0.6) is 0 Å². The molecule has 94 valence electrons. The van der Waals surface area contributed by atoms with E-state index in [-0.39, 0.29) is 0 Å². The third kappa shape index (κ3) is 3.00. The SMILES string of the molecule is Cc1cnc(N(C)CCc2ccccc2)cc1N. The van der Waals surface area contributed by atoms with Crippen molar-refractivity contribution in [3.8, 4) is 0 Å². The minimum Gasteiger partial charge on any atom is -0.398 e. The number of pyridine rings is 1. The van der Waals surface area contributed by atoms with Gasteiger partial charge >= 0.3 is 0 Å². The molecule has 1 heterocycles. The second kappa shape index (κ2) is 5.54. The minimum atomic E-state index is 0.798. The van der Waals surface area contributed by atoms with Gasteiger partial charge in [0.05, 0.1) is 0 Å². The maximum Gasteiger partial charge on any atom is 0.130 e. The second-order valence-electron chi connectivity index (χ2n) is 4.56. The smallest absolute Gasteiger partial charge is 0.130 e. The third-order valence-electron chi connectivity index (χ3n) is 3.10. The molecule has 3 heteroatoms. The maximum absolute atomic E-state index is 5.90. The molecular weight excluding hydrogens is 222 g/mol. The van der Waals surface area contributed by atoms with Crippen LogP contribution >= 0.6 is 0 Å². The number of aryl methyl sites for hydroxylation is 1. The predicted octanol–water partition coefficient (Wildman–Crippen LogP) is 2.65. The van der Waals surface area contributed by atoms with Gasteiger partial charge < -0.3 is 10.6 Å². The highest BCUT2D eigenvalue weighted by Gasteiger charge is 2.04. The summed E-state index contributed by atoms with van der Waals surface area (Å²) in [4.78, 5) is 6.53. The Balaban J connectivity index is 1.99. The first-order chi connectivity index (χ1) is 8.66. The van der Waals surface area contributed by atoms with Crippen LogP contribution in [0.3, 0.4) is 0 Å². The van der Waals surface area contributed by atoms with E-state index in [9.17, 15) is 0 Å². The average Bonchev–Trinajstić information content (AvgIpc) is 2.40. The molecule has 0 spiro atoms. The summed E-state index contributed by atoms with van der Waals surface area (Å²) >= 11 is 0. The zero-order valence-electron chi connectivity index (χ0n) is 10.9. The van der Waals surface area contributed by atoms with E-state index in [0.717, 1.165) is 30.0 Å². The normalized spacial score (nSPS) is 10.3. The topological polar surface area (TPSA) is 42.2 Å². The van der Waals surface area contributed by atoms with Gasteiger partial charge in [0, 0.05) is 31.5 Å². The third-order valence-corrected chi connectivity index (χ3v) is 3.10. The van der Waals surface area contributed by atoms with Gasteiger partial charge in [0.2, 0.25) is 0 Å².